The van der Waals surface area contributed by atoms with Crippen LogP contribution in [0.4, 0.5) is 11.4 Å². The van der Waals surface area contributed by atoms with Gasteiger partial charge in [-0.05, 0) is 107 Å². The van der Waals surface area contributed by atoms with E-state index in [4.69, 9.17) is 33.3 Å². The molecule has 1 fully saturated rings. The van der Waals surface area contributed by atoms with Gasteiger partial charge in [-0.25, -0.2) is 0 Å². The molecular formula is C32H24ClIN2O4S. The van der Waals surface area contributed by atoms with Gasteiger partial charge >= 0.3 is 0 Å². The summed E-state index contributed by atoms with van der Waals surface area (Å²) in [4.78, 5) is 30.4. The summed E-state index contributed by atoms with van der Waals surface area (Å²) in [5.74, 6) is 0.0685. The van der Waals surface area contributed by atoms with E-state index in [1.807, 2.05) is 73.7 Å². The Morgan fingerprint density at radius 2 is 1.39 bits per heavy atom. The topological polar surface area (TPSA) is 59.1 Å². The SMILES string of the molecule is CCOc1cc(C=C2C(=O)N(c3ccccc3)C(=S)N(c3ccccc3)C2=O)cc(I)c1OCc1ccc(Cl)cc1. The summed E-state index contributed by atoms with van der Waals surface area (Å²) in [5.41, 5.74) is 2.67. The summed E-state index contributed by atoms with van der Waals surface area (Å²) in [6.45, 7) is 2.61. The van der Waals surface area contributed by atoms with Gasteiger partial charge in [-0.2, -0.15) is 0 Å². The molecule has 0 unspecified atom stereocenters. The van der Waals surface area contributed by atoms with Gasteiger partial charge in [-0.3, -0.25) is 19.4 Å². The number of hydrogen-bond acceptors (Lipinski definition) is 5. The van der Waals surface area contributed by atoms with Gasteiger partial charge in [-0.1, -0.05) is 60.1 Å². The Balaban J connectivity index is 1.55. The van der Waals surface area contributed by atoms with Crippen LogP contribution in [0.25, 0.3) is 6.08 Å². The van der Waals surface area contributed by atoms with E-state index in [1.54, 1.807) is 36.4 Å². The van der Waals surface area contributed by atoms with Crippen molar-refractivity contribution in [3.8, 4) is 11.5 Å². The Morgan fingerprint density at radius 3 is 1.93 bits per heavy atom. The molecule has 1 saturated heterocycles. The van der Waals surface area contributed by atoms with Gasteiger partial charge in [-0.15, -0.1) is 0 Å². The highest BCUT2D eigenvalue weighted by Gasteiger charge is 2.41. The third-order valence-corrected chi connectivity index (χ3v) is 7.64. The molecule has 0 aliphatic carbocycles. The van der Waals surface area contributed by atoms with Crippen molar-refractivity contribution in [2.75, 3.05) is 16.4 Å². The van der Waals surface area contributed by atoms with E-state index in [-0.39, 0.29) is 10.7 Å². The van der Waals surface area contributed by atoms with Crippen LogP contribution < -0.4 is 19.3 Å². The fourth-order valence-electron chi connectivity index (χ4n) is 4.32. The fourth-order valence-corrected chi connectivity index (χ4v) is 5.60. The number of rotatable bonds is 8. The molecule has 41 heavy (non-hydrogen) atoms. The minimum absolute atomic E-state index is 0.0283. The van der Waals surface area contributed by atoms with Crippen molar-refractivity contribution in [2.24, 2.45) is 0 Å². The summed E-state index contributed by atoms with van der Waals surface area (Å²) in [6.07, 6.45) is 1.58. The maximum Gasteiger partial charge on any atom is 0.270 e. The summed E-state index contributed by atoms with van der Waals surface area (Å²) < 4.78 is 12.8. The number of para-hydroxylation sites is 2. The third-order valence-electron chi connectivity index (χ3n) is 6.22. The molecule has 1 heterocycles. The number of carbonyl (C=O) groups is 2. The minimum atomic E-state index is -0.505. The van der Waals surface area contributed by atoms with Crippen LogP contribution in [0.5, 0.6) is 11.5 Å². The summed E-state index contributed by atoms with van der Waals surface area (Å²) >= 11 is 13.9. The number of nitrogens with zero attached hydrogens (tertiary/aromatic N) is 2. The fraction of sp³-hybridized carbons (Fsp3) is 0.0938. The molecule has 0 spiro atoms. The van der Waals surface area contributed by atoms with Crippen LogP contribution in [0.2, 0.25) is 5.02 Å². The predicted molar refractivity (Wildman–Crippen MR) is 175 cm³/mol. The monoisotopic (exact) mass is 694 g/mol. The van der Waals surface area contributed by atoms with Crippen molar-refractivity contribution in [3.63, 3.8) is 0 Å². The smallest absolute Gasteiger partial charge is 0.270 e. The largest absolute Gasteiger partial charge is 0.490 e. The van der Waals surface area contributed by atoms with E-state index in [9.17, 15) is 9.59 Å². The molecule has 5 rings (SSSR count). The highest BCUT2D eigenvalue weighted by Crippen LogP contribution is 2.37. The molecule has 6 nitrogen and oxygen atoms in total. The second-order valence-corrected chi connectivity index (χ2v) is 10.9. The number of benzene rings is 4. The lowest BCUT2D eigenvalue weighted by Gasteiger charge is -2.36. The Hall–Kier alpha value is -3.73. The maximum atomic E-state index is 13.8. The number of anilines is 2. The van der Waals surface area contributed by atoms with Gasteiger partial charge < -0.3 is 9.47 Å². The van der Waals surface area contributed by atoms with E-state index in [0.29, 0.717) is 46.7 Å². The van der Waals surface area contributed by atoms with Gasteiger partial charge in [0.25, 0.3) is 11.8 Å². The van der Waals surface area contributed by atoms with Crippen LogP contribution in [0.15, 0.2) is 103 Å². The summed E-state index contributed by atoms with van der Waals surface area (Å²) in [5, 5.41) is 0.741. The molecule has 0 saturated carbocycles. The highest BCUT2D eigenvalue weighted by atomic mass is 127. The van der Waals surface area contributed by atoms with E-state index in [2.05, 4.69) is 22.6 Å². The Labute approximate surface area is 262 Å². The van der Waals surface area contributed by atoms with Crippen LogP contribution in [0.1, 0.15) is 18.1 Å². The first-order valence-corrected chi connectivity index (χ1v) is 14.6. The number of thiocarbonyl (C=S) groups is 1. The Bertz CT molecular complexity index is 1570. The third kappa shape index (κ3) is 6.29. The first kappa shape index (κ1) is 28.8. The molecule has 0 N–H and O–H groups in total. The molecule has 1 aliphatic rings. The van der Waals surface area contributed by atoms with Crippen LogP contribution in [-0.2, 0) is 16.2 Å². The van der Waals surface area contributed by atoms with Crippen molar-refractivity contribution in [1.29, 1.82) is 0 Å². The van der Waals surface area contributed by atoms with Gasteiger partial charge in [0, 0.05) is 5.02 Å². The molecule has 4 aromatic carbocycles. The molecule has 206 valence electrons. The molecule has 0 aromatic heterocycles. The number of halogens is 2. The summed E-state index contributed by atoms with van der Waals surface area (Å²) in [7, 11) is 0. The van der Waals surface area contributed by atoms with E-state index in [1.165, 1.54) is 9.80 Å². The average Bonchev–Trinajstić information content (AvgIpc) is 2.97. The van der Waals surface area contributed by atoms with Crippen LogP contribution in [-0.4, -0.2) is 23.5 Å². The number of amides is 2. The lowest BCUT2D eigenvalue weighted by Crippen LogP contribution is -2.56. The Kier molecular flexibility index (Phi) is 9.02. The minimum Gasteiger partial charge on any atom is -0.490 e. The zero-order chi connectivity index (χ0) is 28.9. The quantitative estimate of drug-likeness (QED) is 0.0821. The standard InChI is InChI=1S/C32H24ClIN2O4S/c1-2-39-28-19-22(18-27(34)29(28)40-20-21-13-15-23(33)16-14-21)17-26-30(37)35(24-9-5-3-6-10-24)32(41)36(31(26)38)25-11-7-4-8-12-25/h3-19H,2,20H2,1H3. The second-order valence-electron chi connectivity index (χ2n) is 8.97. The van der Waals surface area contributed by atoms with E-state index >= 15 is 0 Å². The van der Waals surface area contributed by atoms with Gasteiger partial charge in [0.15, 0.2) is 16.6 Å². The van der Waals surface area contributed by atoms with Crippen molar-refractivity contribution < 1.29 is 19.1 Å². The number of ether oxygens (including phenoxy) is 2. The van der Waals surface area contributed by atoms with Crippen LogP contribution >= 0.6 is 46.4 Å². The molecular weight excluding hydrogens is 671 g/mol. The second kappa shape index (κ2) is 12.8. The van der Waals surface area contributed by atoms with Gasteiger partial charge in [0.2, 0.25) is 0 Å². The lowest BCUT2D eigenvalue weighted by molar-refractivity contribution is -0.120. The predicted octanol–water partition coefficient (Wildman–Crippen LogP) is 7.67. The molecule has 0 bridgehead atoms. The zero-order valence-electron chi connectivity index (χ0n) is 21.9. The number of carbonyl (C=O) groups excluding carboxylic acids is 2. The van der Waals surface area contributed by atoms with Crippen molar-refractivity contribution in [2.45, 2.75) is 13.5 Å². The zero-order valence-corrected chi connectivity index (χ0v) is 25.7. The van der Waals surface area contributed by atoms with E-state index < -0.39 is 11.8 Å². The Morgan fingerprint density at radius 1 is 0.829 bits per heavy atom. The molecule has 9 heteroatoms. The molecule has 1 aliphatic heterocycles. The number of hydrogen-bond donors (Lipinski definition) is 0. The molecule has 0 atom stereocenters. The van der Waals surface area contributed by atoms with Crippen molar-refractivity contribution in [3.05, 3.63) is 122 Å². The normalized spacial score (nSPS) is 13.4. The lowest BCUT2D eigenvalue weighted by atomic mass is 10.0. The van der Waals surface area contributed by atoms with Crippen LogP contribution in [0.3, 0.4) is 0 Å². The molecule has 2 amide bonds. The van der Waals surface area contributed by atoms with Crippen LogP contribution in [0, 0.1) is 3.57 Å². The first-order valence-electron chi connectivity index (χ1n) is 12.8. The van der Waals surface area contributed by atoms with E-state index in [0.717, 1.165) is 9.13 Å². The molecule has 0 radical (unpaired) electrons. The summed E-state index contributed by atoms with van der Waals surface area (Å²) in [6, 6.07) is 29.1. The van der Waals surface area contributed by atoms with Crippen molar-refractivity contribution in [1.82, 2.24) is 0 Å². The molecule has 4 aromatic rings. The first-order chi connectivity index (χ1) is 19.9. The average molecular weight is 695 g/mol. The van der Waals surface area contributed by atoms with Gasteiger partial charge in [0.1, 0.15) is 12.2 Å². The highest BCUT2D eigenvalue weighted by molar-refractivity contribution is 14.1. The van der Waals surface area contributed by atoms with Crippen molar-refractivity contribution >= 4 is 80.8 Å². The van der Waals surface area contributed by atoms with Gasteiger partial charge in [0.05, 0.1) is 21.6 Å². The maximum absolute atomic E-state index is 13.8.